The largest absolute Gasteiger partial charge is 0.488 e. The maximum absolute atomic E-state index is 13.6. The molecular weight excluding hydrogens is 369 g/mol. The molecule has 142 valence electrons. The molecule has 3 aromatic rings. The Bertz CT molecular complexity index is 985. The van der Waals surface area contributed by atoms with Gasteiger partial charge in [0.25, 0.3) is 5.91 Å². The normalized spacial score (nSPS) is 10.8. The number of ether oxygens (including phenoxy) is 1. The Kier molecular flexibility index (Phi) is 6.06. The number of hydrogen-bond donors (Lipinski definition) is 1. The molecule has 0 spiro atoms. The van der Waals surface area contributed by atoms with Gasteiger partial charge in [-0.2, -0.15) is 5.10 Å². The van der Waals surface area contributed by atoms with E-state index in [9.17, 15) is 18.0 Å². The summed E-state index contributed by atoms with van der Waals surface area (Å²) in [6.07, 6.45) is 0.893. The van der Waals surface area contributed by atoms with Gasteiger partial charge in [0.1, 0.15) is 29.8 Å². The summed E-state index contributed by atoms with van der Waals surface area (Å²) < 4.78 is 45.7. The van der Waals surface area contributed by atoms with Gasteiger partial charge >= 0.3 is 0 Å². The molecule has 0 aliphatic heterocycles. The summed E-state index contributed by atoms with van der Waals surface area (Å²) in [6, 6.07) is 15.6. The van der Waals surface area contributed by atoms with E-state index in [4.69, 9.17) is 4.74 Å². The van der Waals surface area contributed by atoms with Crippen LogP contribution in [0.4, 0.5) is 13.2 Å². The first-order chi connectivity index (χ1) is 13.5. The Morgan fingerprint density at radius 3 is 2.32 bits per heavy atom. The molecule has 0 aliphatic rings. The number of amides is 1. The van der Waals surface area contributed by atoms with Gasteiger partial charge in [-0.15, -0.1) is 0 Å². The number of benzene rings is 3. The summed E-state index contributed by atoms with van der Waals surface area (Å²) in [7, 11) is 0. The molecule has 0 unspecified atom stereocenters. The number of rotatable bonds is 6. The lowest BCUT2D eigenvalue weighted by Gasteiger charge is -2.10. The van der Waals surface area contributed by atoms with E-state index in [2.05, 4.69) is 10.5 Å². The zero-order valence-corrected chi connectivity index (χ0v) is 14.5. The van der Waals surface area contributed by atoms with Crippen LogP contribution < -0.4 is 10.2 Å². The van der Waals surface area contributed by atoms with Crippen LogP contribution in [0.1, 0.15) is 21.5 Å². The van der Waals surface area contributed by atoms with E-state index in [0.29, 0.717) is 0 Å². The summed E-state index contributed by atoms with van der Waals surface area (Å²) in [5, 5.41) is 3.61. The number of para-hydroxylation sites is 1. The summed E-state index contributed by atoms with van der Waals surface area (Å²) in [5.41, 5.74) is 2.77. The van der Waals surface area contributed by atoms with Crippen molar-refractivity contribution in [3.05, 3.63) is 101 Å². The highest BCUT2D eigenvalue weighted by Gasteiger charge is 2.12. The third kappa shape index (κ3) is 4.76. The maximum atomic E-state index is 13.6. The third-order valence-electron chi connectivity index (χ3n) is 3.80. The fourth-order valence-electron chi connectivity index (χ4n) is 2.37. The first kappa shape index (κ1) is 19.2. The molecule has 0 saturated heterocycles. The van der Waals surface area contributed by atoms with E-state index >= 15 is 0 Å². The zero-order chi connectivity index (χ0) is 19.9. The van der Waals surface area contributed by atoms with Gasteiger partial charge in [0.15, 0.2) is 0 Å². The van der Waals surface area contributed by atoms with Crippen LogP contribution in [0.15, 0.2) is 71.8 Å². The molecule has 0 heterocycles. The number of halogens is 3. The molecule has 4 nitrogen and oxygen atoms in total. The van der Waals surface area contributed by atoms with Gasteiger partial charge in [0, 0.05) is 0 Å². The Morgan fingerprint density at radius 1 is 0.929 bits per heavy atom. The van der Waals surface area contributed by atoms with Crippen LogP contribution >= 0.6 is 0 Å². The van der Waals surface area contributed by atoms with Crippen LogP contribution in [-0.4, -0.2) is 12.1 Å². The quantitative estimate of drug-likeness (QED) is 0.504. The van der Waals surface area contributed by atoms with Gasteiger partial charge in [0.2, 0.25) is 0 Å². The predicted octanol–water partition coefficient (Wildman–Crippen LogP) is 4.45. The third-order valence-corrected chi connectivity index (χ3v) is 3.80. The molecule has 7 heteroatoms. The second-order valence-electron chi connectivity index (χ2n) is 5.75. The molecule has 1 N–H and O–H groups in total. The minimum Gasteiger partial charge on any atom is -0.488 e. The lowest BCUT2D eigenvalue weighted by molar-refractivity contribution is 0.0950. The average molecular weight is 384 g/mol. The van der Waals surface area contributed by atoms with E-state index in [1.54, 1.807) is 30.3 Å². The Hall–Kier alpha value is -3.61. The smallest absolute Gasteiger partial charge is 0.275 e. The fourth-order valence-corrected chi connectivity index (χ4v) is 2.37. The Morgan fingerprint density at radius 2 is 1.61 bits per heavy atom. The highest BCUT2D eigenvalue weighted by molar-refractivity contribution is 5.97. The van der Waals surface area contributed by atoms with Crippen molar-refractivity contribution in [2.75, 3.05) is 0 Å². The zero-order valence-electron chi connectivity index (χ0n) is 14.5. The van der Waals surface area contributed by atoms with Crippen LogP contribution in [0.25, 0.3) is 0 Å². The van der Waals surface area contributed by atoms with Crippen molar-refractivity contribution >= 4 is 12.1 Å². The van der Waals surface area contributed by atoms with Crippen LogP contribution in [0, 0.1) is 17.5 Å². The summed E-state index contributed by atoms with van der Waals surface area (Å²) in [5.74, 6) is -2.26. The summed E-state index contributed by atoms with van der Waals surface area (Å²) >= 11 is 0. The highest BCUT2D eigenvalue weighted by Crippen LogP contribution is 2.19. The number of carbonyl (C=O) groups excluding carboxylic acids is 1. The van der Waals surface area contributed by atoms with Gasteiger partial charge in [-0.3, -0.25) is 4.79 Å². The van der Waals surface area contributed by atoms with E-state index in [-0.39, 0.29) is 29.3 Å². The second kappa shape index (κ2) is 8.85. The SMILES string of the molecule is O=C(N/N=C\c1c(F)cccc1F)c1ccccc1OCc1ccc(F)cc1. The number of hydrogen-bond acceptors (Lipinski definition) is 3. The van der Waals surface area contributed by atoms with Crippen molar-refractivity contribution in [3.8, 4) is 5.75 Å². The van der Waals surface area contributed by atoms with E-state index in [1.165, 1.54) is 24.3 Å². The van der Waals surface area contributed by atoms with Crippen molar-refractivity contribution in [3.63, 3.8) is 0 Å². The maximum Gasteiger partial charge on any atom is 0.275 e. The molecule has 28 heavy (non-hydrogen) atoms. The van der Waals surface area contributed by atoms with Gasteiger partial charge in [0.05, 0.1) is 17.3 Å². The number of nitrogens with zero attached hydrogens (tertiary/aromatic N) is 1. The van der Waals surface area contributed by atoms with Crippen molar-refractivity contribution in [2.45, 2.75) is 6.61 Å². The number of nitrogens with one attached hydrogen (secondary N) is 1. The minimum atomic E-state index is -0.791. The lowest BCUT2D eigenvalue weighted by Crippen LogP contribution is -2.19. The molecule has 0 bridgehead atoms. The Balaban J connectivity index is 1.68. The predicted molar refractivity (Wildman–Crippen MR) is 98.6 cm³/mol. The number of carbonyl (C=O) groups is 1. The lowest BCUT2D eigenvalue weighted by atomic mass is 10.2. The summed E-state index contributed by atoms with van der Waals surface area (Å²) in [4.78, 5) is 12.3. The molecular formula is C21H15F3N2O2. The molecule has 0 radical (unpaired) electrons. The average Bonchev–Trinajstić information content (AvgIpc) is 2.70. The van der Waals surface area contributed by atoms with Crippen molar-refractivity contribution in [1.82, 2.24) is 5.43 Å². The van der Waals surface area contributed by atoms with Crippen molar-refractivity contribution in [1.29, 1.82) is 0 Å². The highest BCUT2D eigenvalue weighted by atomic mass is 19.1. The van der Waals surface area contributed by atoms with Crippen molar-refractivity contribution < 1.29 is 22.7 Å². The molecule has 0 aromatic heterocycles. The molecule has 0 atom stereocenters. The standard InChI is InChI=1S/C21H15F3N2O2/c22-15-10-8-14(9-11-15)13-28-20-7-2-1-4-16(20)21(27)26-25-12-17-18(23)5-3-6-19(17)24/h1-12H,13H2,(H,26,27)/b25-12-. The van der Waals surface area contributed by atoms with Crippen LogP contribution in [0.3, 0.4) is 0 Å². The molecule has 0 saturated carbocycles. The topological polar surface area (TPSA) is 50.7 Å². The van der Waals surface area contributed by atoms with Gasteiger partial charge in [-0.05, 0) is 42.0 Å². The van der Waals surface area contributed by atoms with E-state index < -0.39 is 17.5 Å². The second-order valence-corrected chi connectivity index (χ2v) is 5.75. The molecule has 0 aliphatic carbocycles. The Labute approximate surface area is 159 Å². The van der Waals surface area contributed by atoms with Crippen molar-refractivity contribution in [2.24, 2.45) is 5.10 Å². The fraction of sp³-hybridized carbons (Fsp3) is 0.0476. The minimum absolute atomic E-state index is 0.133. The van der Waals surface area contributed by atoms with Crippen LogP contribution in [0.2, 0.25) is 0 Å². The summed E-state index contributed by atoms with van der Waals surface area (Å²) in [6.45, 7) is 0.133. The molecule has 1 amide bonds. The van der Waals surface area contributed by atoms with Crippen LogP contribution in [0.5, 0.6) is 5.75 Å². The molecule has 3 aromatic carbocycles. The first-order valence-electron chi connectivity index (χ1n) is 8.28. The van der Waals surface area contributed by atoms with E-state index in [1.807, 2.05) is 0 Å². The number of hydrazone groups is 1. The first-order valence-corrected chi connectivity index (χ1v) is 8.28. The molecule has 0 fully saturated rings. The van der Waals surface area contributed by atoms with Crippen LogP contribution in [-0.2, 0) is 6.61 Å². The van der Waals surface area contributed by atoms with E-state index in [0.717, 1.165) is 23.9 Å². The molecule has 3 rings (SSSR count). The van der Waals surface area contributed by atoms with Gasteiger partial charge in [-0.1, -0.05) is 30.3 Å². The van der Waals surface area contributed by atoms with Gasteiger partial charge < -0.3 is 4.74 Å². The van der Waals surface area contributed by atoms with Gasteiger partial charge in [-0.25, -0.2) is 18.6 Å². The monoisotopic (exact) mass is 384 g/mol.